The maximum Gasteiger partial charge on any atom is 0.456 e. The fraction of sp³-hybridized carbons (Fsp3) is 1.00. The molecule has 0 bridgehead atoms. The predicted molar refractivity (Wildman–Crippen MR) is 73.4 cm³/mol. The molecule has 1 saturated heterocycles. The molecule has 4 unspecified atom stereocenters. The number of rotatable bonds is 3. The lowest BCUT2D eigenvalue weighted by atomic mass is 10.0. The van der Waals surface area contributed by atoms with E-state index in [4.69, 9.17) is 14.6 Å². The molecule has 21 heavy (non-hydrogen) atoms. The molecule has 0 aromatic rings. The highest BCUT2D eigenvalue weighted by atomic mass is 32.2. The molecule has 0 aliphatic carbocycles. The van der Waals surface area contributed by atoms with Crippen LogP contribution < -0.4 is 4.72 Å². The SMILES string of the molecule is CC.CNSC(F)(F)F.COC1CC(O)C(O)C(CO)O1. The highest BCUT2D eigenvalue weighted by Gasteiger charge is 2.36. The first-order valence-corrected chi connectivity index (χ1v) is 7.13. The summed E-state index contributed by atoms with van der Waals surface area (Å²) < 4.78 is 44.7. The summed E-state index contributed by atoms with van der Waals surface area (Å²) in [7, 11) is 2.67. The summed E-state index contributed by atoms with van der Waals surface area (Å²) in [5.74, 6) is 0. The maximum absolute atomic E-state index is 11.0. The summed E-state index contributed by atoms with van der Waals surface area (Å²) in [6.45, 7) is 3.68. The van der Waals surface area contributed by atoms with E-state index < -0.39 is 30.1 Å². The normalized spacial score (nSPS) is 28.9. The van der Waals surface area contributed by atoms with Crippen molar-refractivity contribution in [2.75, 3.05) is 20.8 Å². The summed E-state index contributed by atoms with van der Waals surface area (Å²) in [5, 5.41) is 27.3. The highest BCUT2D eigenvalue weighted by molar-refractivity contribution is 7.98. The number of hydrogen-bond donors (Lipinski definition) is 4. The van der Waals surface area contributed by atoms with E-state index in [-0.39, 0.29) is 25.0 Å². The molecule has 1 fully saturated rings. The van der Waals surface area contributed by atoms with Crippen molar-refractivity contribution in [2.24, 2.45) is 0 Å². The van der Waals surface area contributed by atoms with E-state index in [1.807, 2.05) is 18.6 Å². The van der Waals surface area contributed by atoms with Crippen molar-refractivity contribution in [3.63, 3.8) is 0 Å². The molecule has 10 heteroatoms. The van der Waals surface area contributed by atoms with Gasteiger partial charge in [0, 0.05) is 25.5 Å². The minimum atomic E-state index is -4.14. The average molecular weight is 339 g/mol. The van der Waals surface area contributed by atoms with Crippen molar-refractivity contribution >= 4 is 11.9 Å². The summed E-state index contributed by atoms with van der Waals surface area (Å²) >= 11 is -0.262. The molecular formula is C11H24F3NO5S. The van der Waals surface area contributed by atoms with Crippen LogP contribution >= 0.6 is 11.9 Å². The Hall–Kier alpha value is -0.100. The van der Waals surface area contributed by atoms with Gasteiger partial charge in [0.15, 0.2) is 6.29 Å². The van der Waals surface area contributed by atoms with Crippen molar-refractivity contribution in [1.82, 2.24) is 4.72 Å². The van der Waals surface area contributed by atoms with E-state index in [1.54, 1.807) is 0 Å². The zero-order valence-corrected chi connectivity index (χ0v) is 13.2. The van der Waals surface area contributed by atoms with Crippen LogP contribution in [0, 0.1) is 0 Å². The van der Waals surface area contributed by atoms with Gasteiger partial charge in [-0.25, -0.2) is 0 Å². The van der Waals surface area contributed by atoms with Crippen molar-refractivity contribution in [1.29, 1.82) is 0 Å². The van der Waals surface area contributed by atoms with Gasteiger partial charge in [-0.2, -0.15) is 13.2 Å². The van der Waals surface area contributed by atoms with Crippen LogP contribution in [0.15, 0.2) is 0 Å². The number of hydrogen-bond acceptors (Lipinski definition) is 7. The zero-order valence-electron chi connectivity index (χ0n) is 12.4. The van der Waals surface area contributed by atoms with Gasteiger partial charge in [-0.15, -0.1) is 0 Å². The molecule has 1 aliphatic heterocycles. The van der Waals surface area contributed by atoms with Crippen LogP contribution in [0.3, 0.4) is 0 Å². The third-order valence-electron chi connectivity index (χ3n) is 2.20. The zero-order chi connectivity index (χ0) is 17.1. The number of aliphatic hydroxyl groups is 3. The fourth-order valence-corrected chi connectivity index (χ4v) is 1.57. The van der Waals surface area contributed by atoms with Crippen molar-refractivity contribution < 1.29 is 38.0 Å². The van der Waals surface area contributed by atoms with Gasteiger partial charge in [-0.05, 0) is 7.05 Å². The first-order valence-electron chi connectivity index (χ1n) is 6.31. The smallest absolute Gasteiger partial charge is 0.394 e. The second-order valence-electron chi connectivity index (χ2n) is 3.57. The van der Waals surface area contributed by atoms with Crippen LogP contribution in [0.4, 0.5) is 13.2 Å². The van der Waals surface area contributed by atoms with Crippen LogP contribution in [0.1, 0.15) is 20.3 Å². The van der Waals surface area contributed by atoms with E-state index in [0.717, 1.165) is 0 Å². The van der Waals surface area contributed by atoms with Crippen molar-refractivity contribution in [2.45, 2.75) is 50.4 Å². The Morgan fingerprint density at radius 1 is 1.33 bits per heavy atom. The van der Waals surface area contributed by atoms with E-state index in [1.165, 1.54) is 14.2 Å². The molecule has 4 N–H and O–H groups in total. The van der Waals surface area contributed by atoms with Crippen LogP contribution in [-0.4, -0.2) is 66.2 Å². The summed E-state index contributed by atoms with van der Waals surface area (Å²) in [6, 6.07) is 0. The molecule has 1 aliphatic rings. The van der Waals surface area contributed by atoms with Gasteiger partial charge >= 0.3 is 5.51 Å². The molecule has 0 aromatic heterocycles. The van der Waals surface area contributed by atoms with Gasteiger partial charge in [0.05, 0.1) is 12.7 Å². The van der Waals surface area contributed by atoms with E-state index in [0.29, 0.717) is 0 Å². The molecule has 1 rings (SSSR count). The molecule has 0 spiro atoms. The third-order valence-corrected chi connectivity index (χ3v) is 2.63. The van der Waals surface area contributed by atoms with E-state index >= 15 is 0 Å². The minimum absolute atomic E-state index is 0.230. The molecular weight excluding hydrogens is 315 g/mol. The first kappa shape index (κ1) is 23.2. The van der Waals surface area contributed by atoms with Gasteiger partial charge in [0.25, 0.3) is 0 Å². The lowest BCUT2D eigenvalue weighted by Crippen LogP contribution is -2.50. The summed E-state index contributed by atoms with van der Waals surface area (Å²) in [4.78, 5) is 0. The quantitative estimate of drug-likeness (QED) is 0.567. The van der Waals surface area contributed by atoms with Crippen LogP contribution in [-0.2, 0) is 9.47 Å². The third kappa shape index (κ3) is 11.2. The van der Waals surface area contributed by atoms with Gasteiger partial charge in [0.2, 0.25) is 0 Å². The largest absolute Gasteiger partial charge is 0.456 e. The maximum atomic E-state index is 11.0. The minimum Gasteiger partial charge on any atom is -0.394 e. The number of alkyl halides is 3. The van der Waals surface area contributed by atoms with E-state index in [9.17, 15) is 23.4 Å². The molecule has 0 amide bonds. The number of aliphatic hydroxyl groups excluding tert-OH is 3. The van der Waals surface area contributed by atoms with Gasteiger partial charge in [-0.3, -0.25) is 4.72 Å². The first-order chi connectivity index (χ1) is 9.75. The van der Waals surface area contributed by atoms with Crippen molar-refractivity contribution in [3.8, 4) is 0 Å². The Morgan fingerprint density at radius 2 is 1.86 bits per heavy atom. The second-order valence-corrected chi connectivity index (χ2v) is 4.64. The molecule has 0 aromatic carbocycles. The van der Waals surface area contributed by atoms with Crippen LogP contribution in [0.2, 0.25) is 0 Å². The van der Waals surface area contributed by atoms with Gasteiger partial charge in [-0.1, -0.05) is 13.8 Å². The molecule has 4 atom stereocenters. The lowest BCUT2D eigenvalue weighted by Gasteiger charge is -2.35. The fourth-order valence-electron chi connectivity index (χ4n) is 1.33. The Morgan fingerprint density at radius 3 is 2.14 bits per heavy atom. The molecule has 130 valence electrons. The van der Waals surface area contributed by atoms with Crippen molar-refractivity contribution in [3.05, 3.63) is 0 Å². The lowest BCUT2D eigenvalue weighted by molar-refractivity contribution is -0.248. The Labute approximate surface area is 126 Å². The number of nitrogens with one attached hydrogen (secondary N) is 1. The second kappa shape index (κ2) is 12.4. The van der Waals surface area contributed by atoms with Crippen LogP contribution in [0.25, 0.3) is 0 Å². The topological polar surface area (TPSA) is 91.2 Å². The standard InChI is InChI=1S/C7H14O5.C2H4F3NS.C2H6/c1-11-6-2-4(9)7(10)5(3-8)12-6;1-6-7-2(3,4)5;1-2/h4-10H,2-3H2,1H3;6H,1H3;1-2H3. The van der Waals surface area contributed by atoms with Gasteiger partial charge < -0.3 is 24.8 Å². The highest BCUT2D eigenvalue weighted by Crippen LogP contribution is 2.26. The average Bonchev–Trinajstić information content (AvgIpc) is 2.43. The number of methoxy groups -OCH3 is 1. The monoisotopic (exact) mass is 339 g/mol. The van der Waals surface area contributed by atoms with E-state index in [2.05, 4.69) is 0 Å². The summed E-state index contributed by atoms with van der Waals surface area (Å²) in [5.41, 5.74) is -4.14. The number of halogens is 3. The summed E-state index contributed by atoms with van der Waals surface area (Å²) in [6.07, 6.45) is -2.98. The van der Waals surface area contributed by atoms with Crippen LogP contribution in [0.5, 0.6) is 0 Å². The molecule has 1 heterocycles. The Bertz CT molecular complexity index is 248. The molecule has 6 nitrogen and oxygen atoms in total. The molecule has 0 radical (unpaired) electrons. The molecule has 0 saturated carbocycles. The predicted octanol–water partition coefficient (Wildman–Crippen LogP) is 0.862. The Kier molecular flexibility index (Phi) is 13.7. The number of ether oxygens (including phenoxy) is 2. The Balaban J connectivity index is 0. The van der Waals surface area contributed by atoms with Gasteiger partial charge in [0.1, 0.15) is 12.2 Å².